The van der Waals surface area contributed by atoms with Gasteiger partial charge in [0.05, 0.1) is 0 Å². The zero-order chi connectivity index (χ0) is 14.1. The minimum atomic E-state index is -2.25. The van der Waals surface area contributed by atoms with Crippen molar-refractivity contribution >= 4 is 25.6 Å². The highest BCUT2D eigenvalue weighted by molar-refractivity contribution is 7.39. The second-order valence-electron chi connectivity index (χ2n) is 3.41. The SMILES string of the molecule is CCOCO[P+](=O)C(OC(=O)CCl)c1ccccc1. The highest BCUT2D eigenvalue weighted by atomic mass is 35.5. The second-order valence-corrected chi connectivity index (χ2v) is 4.98. The average Bonchev–Trinajstić information content (AvgIpc) is 2.45. The molecule has 0 aliphatic heterocycles. The maximum Gasteiger partial charge on any atom is 0.561 e. The standard InChI is InChI=1S/C12H15ClO5P/c1-2-16-9-17-19(15)12(18-11(14)8-13)10-6-4-3-5-7-10/h3-7,12H,2,8-9H2,1H3/q+1. The van der Waals surface area contributed by atoms with E-state index in [1.54, 1.807) is 37.3 Å². The molecule has 0 N–H and O–H groups in total. The summed E-state index contributed by atoms with van der Waals surface area (Å²) in [6, 6.07) is 8.70. The summed E-state index contributed by atoms with van der Waals surface area (Å²) in [6.07, 6.45) is 0. The number of carbonyl (C=O) groups excluding carboxylic acids is 1. The van der Waals surface area contributed by atoms with Gasteiger partial charge in [-0.25, -0.2) is 0 Å². The lowest BCUT2D eigenvalue weighted by atomic mass is 10.2. The van der Waals surface area contributed by atoms with Crippen LogP contribution in [0.3, 0.4) is 0 Å². The zero-order valence-corrected chi connectivity index (χ0v) is 12.1. The van der Waals surface area contributed by atoms with E-state index in [1.165, 1.54) is 0 Å². The molecule has 0 fully saturated rings. The Hall–Kier alpha value is -1.00. The number of hydrogen-bond donors (Lipinski definition) is 0. The molecule has 1 aromatic carbocycles. The van der Waals surface area contributed by atoms with Crippen LogP contribution in [0.25, 0.3) is 0 Å². The molecule has 0 spiro atoms. The van der Waals surface area contributed by atoms with Gasteiger partial charge in [-0.2, -0.15) is 0 Å². The van der Waals surface area contributed by atoms with Crippen LogP contribution in [0.4, 0.5) is 0 Å². The van der Waals surface area contributed by atoms with Crippen molar-refractivity contribution in [2.75, 3.05) is 19.3 Å². The Morgan fingerprint density at radius 1 is 1.37 bits per heavy atom. The Kier molecular flexibility index (Phi) is 7.60. The van der Waals surface area contributed by atoms with Gasteiger partial charge in [0.2, 0.25) is 6.79 Å². The van der Waals surface area contributed by atoms with Crippen molar-refractivity contribution in [2.24, 2.45) is 0 Å². The molecule has 0 heterocycles. The Morgan fingerprint density at radius 3 is 2.63 bits per heavy atom. The molecule has 0 radical (unpaired) electrons. The highest BCUT2D eigenvalue weighted by Crippen LogP contribution is 2.42. The number of ether oxygens (including phenoxy) is 2. The minimum absolute atomic E-state index is 0.118. The Balaban J connectivity index is 2.74. The van der Waals surface area contributed by atoms with E-state index >= 15 is 0 Å². The van der Waals surface area contributed by atoms with Crippen molar-refractivity contribution in [3.05, 3.63) is 35.9 Å². The topological polar surface area (TPSA) is 61.8 Å². The number of esters is 1. The van der Waals surface area contributed by atoms with Gasteiger partial charge in [-0.15, -0.1) is 16.1 Å². The van der Waals surface area contributed by atoms with Gasteiger partial charge in [-0.1, -0.05) is 30.3 Å². The molecule has 1 aromatic rings. The predicted octanol–water partition coefficient (Wildman–Crippen LogP) is 3.22. The van der Waals surface area contributed by atoms with Crippen LogP contribution in [-0.2, 0) is 23.4 Å². The second kappa shape index (κ2) is 8.99. The lowest BCUT2D eigenvalue weighted by Crippen LogP contribution is -2.11. The van der Waals surface area contributed by atoms with Crippen LogP contribution in [-0.4, -0.2) is 25.2 Å². The first kappa shape index (κ1) is 16.1. The van der Waals surface area contributed by atoms with Crippen LogP contribution in [0, 0.1) is 0 Å². The van der Waals surface area contributed by atoms with E-state index in [0.717, 1.165) is 0 Å². The normalized spacial score (nSPS) is 12.8. The summed E-state index contributed by atoms with van der Waals surface area (Å²) in [6.45, 7) is 2.12. The number of hydrogen-bond acceptors (Lipinski definition) is 5. The van der Waals surface area contributed by atoms with E-state index in [9.17, 15) is 9.36 Å². The van der Waals surface area contributed by atoms with Gasteiger partial charge in [0.15, 0.2) is 0 Å². The molecule has 2 unspecified atom stereocenters. The van der Waals surface area contributed by atoms with Crippen LogP contribution < -0.4 is 0 Å². The van der Waals surface area contributed by atoms with Crippen molar-refractivity contribution in [2.45, 2.75) is 12.8 Å². The molecule has 0 aliphatic rings. The van der Waals surface area contributed by atoms with Gasteiger partial charge >= 0.3 is 19.8 Å². The van der Waals surface area contributed by atoms with Crippen molar-refractivity contribution < 1.29 is 23.4 Å². The first-order valence-corrected chi connectivity index (χ1v) is 7.44. The van der Waals surface area contributed by atoms with E-state index in [1.807, 2.05) is 0 Å². The summed E-state index contributed by atoms with van der Waals surface area (Å²) in [5.41, 5.74) is 0.582. The first-order chi connectivity index (χ1) is 9.19. The molecule has 1 rings (SSSR count). The van der Waals surface area contributed by atoms with E-state index in [2.05, 4.69) is 0 Å². The maximum absolute atomic E-state index is 12.0. The molecule has 2 atom stereocenters. The third-order valence-electron chi connectivity index (χ3n) is 2.10. The van der Waals surface area contributed by atoms with Crippen molar-refractivity contribution in [3.8, 4) is 0 Å². The third kappa shape index (κ3) is 5.66. The first-order valence-electron chi connectivity index (χ1n) is 5.66. The molecule has 0 amide bonds. The van der Waals surface area contributed by atoms with Crippen LogP contribution >= 0.6 is 19.6 Å². The molecule has 104 valence electrons. The van der Waals surface area contributed by atoms with Crippen molar-refractivity contribution in [1.82, 2.24) is 0 Å². The summed E-state index contributed by atoms with van der Waals surface area (Å²) < 4.78 is 27.0. The molecule has 7 heteroatoms. The summed E-state index contributed by atoms with van der Waals surface area (Å²) in [4.78, 5) is 11.3. The summed E-state index contributed by atoms with van der Waals surface area (Å²) in [7, 11) is -2.25. The Bertz CT molecular complexity index is 412. The zero-order valence-electron chi connectivity index (χ0n) is 10.5. The van der Waals surface area contributed by atoms with Crippen molar-refractivity contribution in [1.29, 1.82) is 0 Å². The summed E-state index contributed by atoms with van der Waals surface area (Å²) >= 11 is 5.38. The third-order valence-corrected chi connectivity index (χ3v) is 3.46. The summed E-state index contributed by atoms with van der Waals surface area (Å²) in [5.74, 6) is -1.94. The van der Waals surface area contributed by atoms with Crippen LogP contribution in [0.2, 0.25) is 0 Å². The predicted molar refractivity (Wildman–Crippen MR) is 71.2 cm³/mol. The smallest absolute Gasteiger partial charge is 0.409 e. The van der Waals surface area contributed by atoms with Crippen LogP contribution in [0.1, 0.15) is 18.3 Å². The number of rotatable bonds is 8. The molecule has 0 saturated carbocycles. The number of benzene rings is 1. The van der Waals surface area contributed by atoms with Gasteiger partial charge in [-0.3, -0.25) is 4.79 Å². The van der Waals surface area contributed by atoms with Crippen LogP contribution in [0.15, 0.2) is 30.3 Å². The molecular formula is C12H15ClO5P+. The largest absolute Gasteiger partial charge is 0.561 e. The maximum atomic E-state index is 12.0. The van der Waals surface area contributed by atoms with Gasteiger partial charge in [0.25, 0.3) is 0 Å². The molecule has 19 heavy (non-hydrogen) atoms. The summed E-state index contributed by atoms with van der Waals surface area (Å²) in [5, 5.41) is 0. The van der Waals surface area contributed by atoms with Gasteiger partial charge in [0.1, 0.15) is 5.88 Å². The van der Waals surface area contributed by atoms with Gasteiger partial charge in [0, 0.05) is 12.2 Å². The molecule has 0 aromatic heterocycles. The van der Waals surface area contributed by atoms with Gasteiger partial charge < -0.3 is 9.47 Å². The van der Waals surface area contributed by atoms with E-state index in [0.29, 0.717) is 12.2 Å². The van der Waals surface area contributed by atoms with E-state index in [4.69, 9.17) is 25.6 Å². The monoisotopic (exact) mass is 305 g/mol. The van der Waals surface area contributed by atoms with Crippen LogP contribution in [0.5, 0.6) is 0 Å². The molecule has 0 bridgehead atoms. The Morgan fingerprint density at radius 2 is 2.05 bits per heavy atom. The van der Waals surface area contributed by atoms with Gasteiger partial charge in [-0.05, 0) is 11.5 Å². The lowest BCUT2D eigenvalue weighted by Gasteiger charge is -2.07. The lowest BCUT2D eigenvalue weighted by molar-refractivity contribution is -0.143. The van der Waals surface area contributed by atoms with E-state index in [-0.39, 0.29) is 12.7 Å². The number of halogens is 1. The van der Waals surface area contributed by atoms with E-state index < -0.39 is 19.8 Å². The molecule has 5 nitrogen and oxygen atoms in total. The minimum Gasteiger partial charge on any atom is -0.409 e. The fourth-order valence-electron chi connectivity index (χ4n) is 1.25. The molecular weight excluding hydrogens is 291 g/mol. The highest BCUT2D eigenvalue weighted by Gasteiger charge is 2.38. The molecule has 0 aliphatic carbocycles. The molecule has 0 saturated heterocycles. The fraction of sp³-hybridized carbons (Fsp3) is 0.417. The number of carbonyl (C=O) groups is 1. The average molecular weight is 306 g/mol. The van der Waals surface area contributed by atoms with Crippen molar-refractivity contribution in [3.63, 3.8) is 0 Å². The number of alkyl halides is 1. The quantitative estimate of drug-likeness (QED) is 0.243. The Labute approximate surface area is 117 Å². The fourth-order valence-corrected chi connectivity index (χ4v) is 2.24.